The molecule has 1 saturated heterocycles. The maximum absolute atomic E-state index is 13.5. The van der Waals surface area contributed by atoms with E-state index in [1.54, 1.807) is 42.3 Å². The van der Waals surface area contributed by atoms with Crippen molar-refractivity contribution in [2.75, 3.05) is 46.5 Å². The second-order valence-corrected chi connectivity index (χ2v) is 8.38. The molecule has 0 radical (unpaired) electrons. The topological polar surface area (TPSA) is 72.2 Å². The highest BCUT2D eigenvalue weighted by atomic mass is 35.5. The second-order valence-electron chi connectivity index (χ2n) is 7.94. The fraction of sp³-hybridized carbons (Fsp3) is 0.333. The highest BCUT2D eigenvalue weighted by Crippen LogP contribution is 2.38. The largest absolute Gasteiger partial charge is 0.497 e. The first-order valence-electron chi connectivity index (χ1n) is 10.6. The molecule has 2 aromatic carbocycles. The van der Waals surface area contributed by atoms with E-state index >= 15 is 0 Å². The molecule has 2 aliphatic heterocycles. The number of morpholine rings is 1. The van der Waals surface area contributed by atoms with Crippen molar-refractivity contribution in [3.8, 4) is 5.75 Å². The molecule has 8 heteroatoms. The van der Waals surface area contributed by atoms with E-state index in [4.69, 9.17) is 25.5 Å². The van der Waals surface area contributed by atoms with Crippen molar-refractivity contribution >= 4 is 28.5 Å². The fourth-order valence-corrected chi connectivity index (χ4v) is 4.55. The summed E-state index contributed by atoms with van der Waals surface area (Å²) in [6, 6.07) is 11.8. The van der Waals surface area contributed by atoms with Gasteiger partial charge in [-0.05, 0) is 29.8 Å². The summed E-state index contributed by atoms with van der Waals surface area (Å²) in [4.78, 5) is 31.0. The first-order chi connectivity index (χ1) is 15.6. The van der Waals surface area contributed by atoms with Crippen molar-refractivity contribution in [3.63, 3.8) is 0 Å². The third kappa shape index (κ3) is 3.66. The molecule has 3 aromatic rings. The van der Waals surface area contributed by atoms with E-state index in [1.165, 1.54) is 0 Å². The molecule has 5 rings (SSSR count). The minimum Gasteiger partial charge on any atom is -0.497 e. The summed E-state index contributed by atoms with van der Waals surface area (Å²) >= 11 is 6.09. The number of nitrogens with zero attached hydrogens (tertiary/aromatic N) is 2. The van der Waals surface area contributed by atoms with E-state index < -0.39 is 6.04 Å². The van der Waals surface area contributed by atoms with E-state index in [0.717, 1.165) is 18.7 Å². The summed E-state index contributed by atoms with van der Waals surface area (Å²) in [6.45, 7) is 4.16. The van der Waals surface area contributed by atoms with Gasteiger partial charge in [-0.2, -0.15) is 0 Å². The van der Waals surface area contributed by atoms with E-state index in [2.05, 4.69) is 4.90 Å². The molecule has 1 atom stereocenters. The van der Waals surface area contributed by atoms with Gasteiger partial charge in [0.25, 0.3) is 5.91 Å². The molecule has 0 aliphatic carbocycles. The van der Waals surface area contributed by atoms with Gasteiger partial charge in [0.2, 0.25) is 5.76 Å². The summed E-state index contributed by atoms with van der Waals surface area (Å²) in [7, 11) is 1.54. The monoisotopic (exact) mass is 454 g/mol. The molecule has 0 N–H and O–H groups in total. The predicted octanol–water partition coefficient (Wildman–Crippen LogP) is 3.33. The van der Waals surface area contributed by atoms with Gasteiger partial charge in [-0.25, -0.2) is 0 Å². The molecule has 0 saturated carbocycles. The van der Waals surface area contributed by atoms with Crippen molar-refractivity contribution < 1.29 is 18.7 Å². The number of benzene rings is 2. The van der Waals surface area contributed by atoms with Crippen molar-refractivity contribution in [1.82, 2.24) is 9.80 Å². The van der Waals surface area contributed by atoms with Crippen molar-refractivity contribution in [1.29, 1.82) is 0 Å². The van der Waals surface area contributed by atoms with E-state index in [-0.39, 0.29) is 17.1 Å². The van der Waals surface area contributed by atoms with Crippen molar-refractivity contribution in [2.45, 2.75) is 6.04 Å². The molecule has 32 heavy (non-hydrogen) atoms. The van der Waals surface area contributed by atoms with Crippen LogP contribution in [0.3, 0.4) is 0 Å². The zero-order valence-electron chi connectivity index (χ0n) is 17.7. The molecular formula is C24H23ClN2O5. The maximum atomic E-state index is 13.5. The average Bonchev–Trinajstić information content (AvgIpc) is 3.10. The number of carbonyl (C=O) groups excluding carboxylic acids is 1. The Morgan fingerprint density at radius 2 is 1.81 bits per heavy atom. The summed E-state index contributed by atoms with van der Waals surface area (Å²) in [5.74, 6) is 0.372. The highest BCUT2D eigenvalue weighted by Gasteiger charge is 2.42. The van der Waals surface area contributed by atoms with Gasteiger partial charge >= 0.3 is 0 Å². The molecule has 7 nitrogen and oxygen atoms in total. The van der Waals surface area contributed by atoms with Crippen LogP contribution in [-0.4, -0.2) is 62.2 Å². The smallest absolute Gasteiger partial charge is 0.290 e. The van der Waals surface area contributed by atoms with Crippen LogP contribution < -0.4 is 10.2 Å². The Morgan fingerprint density at radius 1 is 1.06 bits per heavy atom. The number of amides is 1. The molecule has 0 spiro atoms. The van der Waals surface area contributed by atoms with Gasteiger partial charge in [0.1, 0.15) is 11.3 Å². The zero-order chi connectivity index (χ0) is 22.2. The van der Waals surface area contributed by atoms with Gasteiger partial charge in [0.05, 0.1) is 37.3 Å². The minimum atomic E-state index is -0.529. The van der Waals surface area contributed by atoms with Gasteiger partial charge in [-0.15, -0.1) is 0 Å². The lowest BCUT2D eigenvalue weighted by Gasteiger charge is -2.31. The molecule has 3 heterocycles. The summed E-state index contributed by atoms with van der Waals surface area (Å²) in [5, 5.41) is 1.02. The molecule has 1 aromatic heterocycles. The Morgan fingerprint density at radius 3 is 2.53 bits per heavy atom. The molecule has 0 bridgehead atoms. The summed E-state index contributed by atoms with van der Waals surface area (Å²) in [6.07, 6.45) is 0. The first-order valence-corrected chi connectivity index (χ1v) is 11.0. The zero-order valence-corrected chi connectivity index (χ0v) is 18.4. The van der Waals surface area contributed by atoms with Crippen LogP contribution in [-0.2, 0) is 4.74 Å². The van der Waals surface area contributed by atoms with Crippen LogP contribution in [0.2, 0.25) is 5.02 Å². The van der Waals surface area contributed by atoms with Crippen LogP contribution in [0.5, 0.6) is 5.75 Å². The Kier molecular flexibility index (Phi) is 5.63. The molecule has 166 valence electrons. The third-order valence-electron chi connectivity index (χ3n) is 6.12. The van der Waals surface area contributed by atoms with Crippen LogP contribution in [0.1, 0.15) is 27.7 Å². The van der Waals surface area contributed by atoms with Crippen molar-refractivity contribution in [3.05, 3.63) is 74.6 Å². The Labute approximate surface area is 190 Å². The van der Waals surface area contributed by atoms with E-state index in [9.17, 15) is 9.59 Å². The molecule has 2 aliphatic rings. The van der Waals surface area contributed by atoms with Gasteiger partial charge < -0.3 is 18.8 Å². The van der Waals surface area contributed by atoms with Gasteiger partial charge in [0.15, 0.2) is 5.43 Å². The highest BCUT2D eigenvalue weighted by molar-refractivity contribution is 6.30. The molecular weight excluding hydrogens is 432 g/mol. The lowest BCUT2D eigenvalue weighted by atomic mass is 9.98. The summed E-state index contributed by atoms with van der Waals surface area (Å²) < 4.78 is 16.7. The quantitative estimate of drug-likeness (QED) is 0.589. The Hall–Kier alpha value is -2.87. The number of carbonyl (C=O) groups is 1. The number of fused-ring (bicyclic) bond motifs is 2. The molecule has 0 unspecified atom stereocenters. The number of halogens is 1. The van der Waals surface area contributed by atoms with Crippen LogP contribution in [0.25, 0.3) is 11.0 Å². The lowest BCUT2D eigenvalue weighted by molar-refractivity contribution is 0.0314. The third-order valence-corrected chi connectivity index (χ3v) is 6.37. The predicted molar refractivity (Wildman–Crippen MR) is 121 cm³/mol. The number of ether oxygens (including phenoxy) is 2. The van der Waals surface area contributed by atoms with Gasteiger partial charge in [0, 0.05) is 37.3 Å². The van der Waals surface area contributed by atoms with Gasteiger partial charge in [-0.3, -0.25) is 14.5 Å². The average molecular weight is 455 g/mol. The van der Waals surface area contributed by atoms with Crippen molar-refractivity contribution in [2.24, 2.45) is 0 Å². The second kappa shape index (κ2) is 8.58. The summed E-state index contributed by atoms with van der Waals surface area (Å²) in [5.41, 5.74) is 1.33. The Balaban J connectivity index is 1.60. The number of rotatable bonds is 5. The molecule has 1 amide bonds. The fourth-order valence-electron chi connectivity index (χ4n) is 4.42. The Bertz CT molecular complexity index is 1220. The number of methoxy groups -OCH3 is 1. The SMILES string of the molecule is COc1ccc2c(=O)c3c(oc2c1)C(=O)N(CCN1CCOCC1)[C@@H]3c1ccc(Cl)cc1. The lowest BCUT2D eigenvalue weighted by Crippen LogP contribution is -2.42. The van der Waals surface area contributed by atoms with Crippen LogP contribution in [0.4, 0.5) is 0 Å². The first kappa shape index (κ1) is 21.0. The van der Waals surface area contributed by atoms with E-state index in [0.29, 0.717) is 53.6 Å². The molecule has 1 fully saturated rings. The maximum Gasteiger partial charge on any atom is 0.290 e. The van der Waals surface area contributed by atoms with E-state index in [1.807, 2.05) is 12.1 Å². The standard InChI is InChI=1S/C24H23ClN2O5/c1-30-17-6-7-18-19(14-17)32-23-20(22(18)28)21(15-2-4-16(25)5-3-15)27(24(23)29)9-8-26-10-12-31-13-11-26/h2-7,14,21H,8-13H2,1H3/t21-/m1/s1. The van der Waals surface area contributed by atoms with Crippen LogP contribution >= 0.6 is 11.6 Å². The van der Waals surface area contributed by atoms with Gasteiger partial charge in [-0.1, -0.05) is 23.7 Å². The minimum absolute atomic E-state index is 0.0951. The number of hydrogen-bond donors (Lipinski definition) is 0. The normalized spacial score (nSPS) is 18.9. The number of hydrogen-bond acceptors (Lipinski definition) is 6. The van der Waals surface area contributed by atoms with Crippen LogP contribution in [0.15, 0.2) is 51.7 Å². The van der Waals surface area contributed by atoms with Crippen LogP contribution in [0, 0.1) is 0 Å².